The molecule has 0 bridgehead atoms. The summed E-state index contributed by atoms with van der Waals surface area (Å²) in [4.78, 5) is 2.90. The first kappa shape index (κ1) is 10.7. The van der Waals surface area contributed by atoms with Gasteiger partial charge in [-0.2, -0.15) is 5.26 Å². The number of hydrogen-bond donors (Lipinski definition) is 3. The summed E-state index contributed by atoms with van der Waals surface area (Å²) in [6.45, 7) is 3.47. The molecule has 1 heterocycles. The molecule has 0 aromatic carbocycles. The molecule has 1 aliphatic rings. The molecule has 5 heteroatoms. The van der Waals surface area contributed by atoms with E-state index in [1.54, 1.807) is 0 Å². The van der Waals surface area contributed by atoms with Gasteiger partial charge in [-0.1, -0.05) is 0 Å². The summed E-state index contributed by atoms with van der Waals surface area (Å²) in [5.74, 6) is -0.197. The Morgan fingerprint density at radius 1 is 1.67 bits per heavy atom. The minimum Gasteiger partial charge on any atom is -0.369 e. The first-order chi connectivity index (χ1) is 5.66. The minimum atomic E-state index is -0.197. The molecule has 1 rings (SSSR count). The van der Waals surface area contributed by atoms with Gasteiger partial charge in [0.2, 0.25) is 12.2 Å². The van der Waals surface area contributed by atoms with Crippen molar-refractivity contribution in [2.45, 2.75) is 25.8 Å². The summed E-state index contributed by atoms with van der Waals surface area (Å²) in [6, 6.07) is 0.796. The zero-order valence-electron chi connectivity index (χ0n) is 7.25. The van der Waals surface area contributed by atoms with Gasteiger partial charge in [-0.15, -0.1) is 4.99 Å². The lowest BCUT2D eigenvalue weighted by molar-refractivity contribution is 0.664. The second-order valence-corrected chi connectivity index (χ2v) is 2.63. The maximum absolute atomic E-state index is 7.64. The first-order valence-electron chi connectivity index (χ1n) is 3.88. The third-order valence-electron chi connectivity index (χ3n) is 1.49. The van der Waals surface area contributed by atoms with Crippen LogP contribution in [0.2, 0.25) is 0 Å². The van der Waals surface area contributed by atoms with E-state index in [1.807, 2.05) is 0 Å². The molecule has 0 amide bonds. The molecule has 0 spiro atoms. The summed E-state index contributed by atoms with van der Waals surface area (Å²) in [5.41, 5.74) is 9.42. The molecule has 12 heavy (non-hydrogen) atoms. The van der Waals surface area contributed by atoms with E-state index in [0.29, 0.717) is 0 Å². The molecule has 5 nitrogen and oxygen atoms in total. The van der Waals surface area contributed by atoms with Gasteiger partial charge >= 0.3 is 0 Å². The van der Waals surface area contributed by atoms with Crippen LogP contribution in [-0.4, -0.2) is 18.5 Å². The maximum Gasteiger partial charge on any atom is 0.209 e. The highest BCUT2D eigenvalue weighted by Crippen LogP contribution is 2.01. The molecule has 0 aromatic heterocycles. The van der Waals surface area contributed by atoms with Crippen molar-refractivity contribution in [3.05, 3.63) is 0 Å². The van der Waals surface area contributed by atoms with Crippen molar-refractivity contribution in [1.29, 1.82) is 5.26 Å². The summed E-state index contributed by atoms with van der Waals surface area (Å²) < 4.78 is 0. The monoisotopic (exact) mass is 169 g/mol. The van der Waals surface area contributed by atoms with Crippen molar-refractivity contribution < 1.29 is 0 Å². The summed E-state index contributed by atoms with van der Waals surface area (Å²) in [5, 5.41) is 11.0. The van der Waals surface area contributed by atoms with E-state index in [0.717, 1.165) is 6.04 Å². The van der Waals surface area contributed by atoms with Crippen LogP contribution >= 0.6 is 0 Å². The van der Waals surface area contributed by atoms with Crippen molar-refractivity contribution in [1.82, 2.24) is 5.32 Å². The Bertz CT molecular complexity index is 171. The summed E-state index contributed by atoms with van der Waals surface area (Å²) in [7, 11) is 0. The molecule has 0 unspecified atom stereocenters. The molecule has 0 radical (unpaired) electrons. The number of rotatable bonds is 0. The summed E-state index contributed by atoms with van der Waals surface area (Å²) >= 11 is 0. The fourth-order valence-corrected chi connectivity index (χ4v) is 0.917. The van der Waals surface area contributed by atoms with E-state index >= 15 is 0 Å². The van der Waals surface area contributed by atoms with E-state index in [-0.39, 0.29) is 5.96 Å². The lowest BCUT2D eigenvalue weighted by Crippen LogP contribution is -2.21. The molecule has 0 aromatic rings. The van der Waals surface area contributed by atoms with Crippen LogP contribution in [0.5, 0.6) is 0 Å². The second-order valence-electron chi connectivity index (χ2n) is 2.63. The molecular formula is C7H15N5. The van der Waals surface area contributed by atoms with E-state index in [2.05, 4.69) is 17.2 Å². The lowest BCUT2D eigenvalue weighted by atomic mass is 10.3. The van der Waals surface area contributed by atoms with E-state index in [1.165, 1.54) is 25.6 Å². The number of hydrogen-bond acceptors (Lipinski definition) is 3. The molecule has 0 aliphatic carbocycles. The van der Waals surface area contributed by atoms with Crippen LogP contribution in [0.4, 0.5) is 0 Å². The third kappa shape index (κ3) is 6.83. The van der Waals surface area contributed by atoms with Crippen LogP contribution in [0.3, 0.4) is 0 Å². The van der Waals surface area contributed by atoms with Crippen LogP contribution in [0.1, 0.15) is 19.8 Å². The summed E-state index contributed by atoms with van der Waals surface area (Å²) in [6.07, 6.45) is 4.16. The Hall–Kier alpha value is -1.28. The van der Waals surface area contributed by atoms with Crippen LogP contribution in [0.15, 0.2) is 4.99 Å². The molecule has 68 valence electrons. The third-order valence-corrected chi connectivity index (χ3v) is 1.49. The first-order valence-corrected chi connectivity index (χ1v) is 3.88. The van der Waals surface area contributed by atoms with Crippen molar-refractivity contribution in [3.8, 4) is 6.19 Å². The van der Waals surface area contributed by atoms with Crippen LogP contribution in [-0.2, 0) is 0 Å². The Morgan fingerprint density at radius 3 is 2.42 bits per heavy atom. The topological polar surface area (TPSA) is 100 Å². The minimum absolute atomic E-state index is 0.197. The molecule has 0 saturated carbocycles. The van der Waals surface area contributed by atoms with E-state index < -0.39 is 0 Å². The normalized spacial score (nSPS) is 20.2. The van der Waals surface area contributed by atoms with Crippen LogP contribution in [0, 0.1) is 11.5 Å². The number of nitrogens with one attached hydrogen (secondary N) is 1. The smallest absolute Gasteiger partial charge is 0.209 e. The van der Waals surface area contributed by atoms with Crippen molar-refractivity contribution in [2.75, 3.05) is 6.54 Å². The van der Waals surface area contributed by atoms with Crippen molar-refractivity contribution in [2.24, 2.45) is 16.5 Å². The highest BCUT2D eigenvalue weighted by molar-refractivity contribution is 5.76. The lowest BCUT2D eigenvalue weighted by Gasteiger charge is -1.95. The molecule has 1 atom stereocenters. The molecule has 1 saturated heterocycles. The van der Waals surface area contributed by atoms with Gasteiger partial charge in [-0.3, -0.25) is 0 Å². The zero-order valence-corrected chi connectivity index (χ0v) is 7.25. The Balaban J connectivity index is 0.000000202. The van der Waals surface area contributed by atoms with Crippen LogP contribution in [0.25, 0.3) is 0 Å². The number of aliphatic imine (C=N–C) groups is 1. The molecular weight excluding hydrogens is 154 g/mol. The number of nitrogens with two attached hydrogens (primary N) is 2. The van der Waals surface area contributed by atoms with E-state index in [4.69, 9.17) is 16.7 Å². The Morgan fingerprint density at radius 2 is 2.33 bits per heavy atom. The highest BCUT2D eigenvalue weighted by Gasteiger charge is 2.05. The van der Waals surface area contributed by atoms with Crippen molar-refractivity contribution in [3.63, 3.8) is 0 Å². The average molecular weight is 169 g/mol. The van der Waals surface area contributed by atoms with Gasteiger partial charge in [0, 0.05) is 6.04 Å². The van der Waals surface area contributed by atoms with Gasteiger partial charge in [0.1, 0.15) is 0 Å². The number of nitrogens with zero attached hydrogens (tertiary/aromatic N) is 2. The molecule has 1 aliphatic heterocycles. The van der Waals surface area contributed by atoms with Gasteiger partial charge in [0.15, 0.2) is 0 Å². The second kappa shape index (κ2) is 6.43. The SMILES string of the molecule is C[C@H]1CCCN1.N#CN=C(N)N. The van der Waals surface area contributed by atoms with Crippen LogP contribution < -0.4 is 16.8 Å². The zero-order chi connectivity index (χ0) is 9.40. The fraction of sp³-hybridized carbons (Fsp3) is 0.714. The average Bonchev–Trinajstić information content (AvgIpc) is 2.40. The fourth-order valence-electron chi connectivity index (χ4n) is 0.917. The predicted molar refractivity (Wildman–Crippen MR) is 48.1 cm³/mol. The number of nitriles is 1. The van der Waals surface area contributed by atoms with Crippen molar-refractivity contribution >= 4 is 5.96 Å². The largest absolute Gasteiger partial charge is 0.369 e. The quantitative estimate of drug-likeness (QED) is 0.258. The Kier molecular flexibility index (Phi) is 5.75. The van der Waals surface area contributed by atoms with Gasteiger partial charge in [0.25, 0.3) is 0 Å². The predicted octanol–water partition coefficient (Wildman–Crippen LogP) is -0.501. The van der Waals surface area contributed by atoms with E-state index in [9.17, 15) is 0 Å². The molecule has 1 fully saturated rings. The highest BCUT2D eigenvalue weighted by atomic mass is 15.0. The van der Waals surface area contributed by atoms with Gasteiger partial charge in [-0.05, 0) is 26.3 Å². The van der Waals surface area contributed by atoms with Gasteiger partial charge in [-0.25, -0.2) is 0 Å². The Labute approximate surface area is 72.4 Å². The van der Waals surface area contributed by atoms with Gasteiger partial charge in [0.05, 0.1) is 0 Å². The number of guanidine groups is 1. The maximum atomic E-state index is 7.64. The standard InChI is InChI=1S/C5H11N.C2H4N4/c1-5-3-2-4-6-5;3-1-6-2(4)5/h5-6H,2-4H2,1H3;(H4,4,5,6)/t5-;/m0./s1. The van der Waals surface area contributed by atoms with Gasteiger partial charge < -0.3 is 16.8 Å². The molecule has 5 N–H and O–H groups in total.